The van der Waals surface area contributed by atoms with Gasteiger partial charge in [0.05, 0.1) is 17.8 Å². The molecule has 0 aliphatic carbocycles. The van der Waals surface area contributed by atoms with E-state index in [9.17, 15) is 14.0 Å². The number of carbonyl (C=O) groups excluding carboxylic acids is 2. The number of nitrogens with zero attached hydrogens (tertiary/aromatic N) is 1. The second-order valence-corrected chi connectivity index (χ2v) is 6.15. The van der Waals surface area contributed by atoms with Gasteiger partial charge in [0.25, 0.3) is 0 Å². The summed E-state index contributed by atoms with van der Waals surface area (Å²) in [7, 11) is 0. The molecule has 1 aromatic heterocycles. The molecule has 2 aromatic carbocycles. The van der Waals surface area contributed by atoms with E-state index in [1.165, 1.54) is 23.5 Å². The summed E-state index contributed by atoms with van der Waals surface area (Å²) in [5, 5.41) is 9.81. The number of hydrogen-bond acceptors (Lipinski definition) is 4. The number of amides is 3. The summed E-state index contributed by atoms with van der Waals surface area (Å²) >= 11 is 1.20. The highest BCUT2D eigenvalue weighted by atomic mass is 32.1. The van der Waals surface area contributed by atoms with Crippen molar-refractivity contribution in [2.75, 3.05) is 16.0 Å². The van der Waals surface area contributed by atoms with Crippen molar-refractivity contribution in [2.24, 2.45) is 0 Å². The van der Waals surface area contributed by atoms with Gasteiger partial charge in [-0.25, -0.2) is 14.2 Å². The number of nitrogens with one attached hydrogen (secondary N) is 3. The van der Waals surface area contributed by atoms with Crippen LogP contribution in [-0.4, -0.2) is 16.9 Å². The van der Waals surface area contributed by atoms with E-state index in [1.54, 1.807) is 29.6 Å². The number of halogens is 1. The fraction of sp³-hybridized carbons (Fsp3) is 0.0556. The Morgan fingerprint density at radius 2 is 1.69 bits per heavy atom. The molecule has 1 heterocycles. The Kier molecular flexibility index (Phi) is 5.55. The molecule has 0 saturated heterocycles. The summed E-state index contributed by atoms with van der Waals surface area (Å²) < 4.78 is 13.5. The average molecular weight is 370 g/mol. The number of thiazole rings is 1. The first-order valence-electron chi connectivity index (χ1n) is 7.72. The third kappa shape index (κ3) is 4.87. The Morgan fingerprint density at radius 1 is 0.962 bits per heavy atom. The Hall–Kier alpha value is -3.26. The predicted octanol–water partition coefficient (Wildman–Crippen LogP) is 4.11. The van der Waals surface area contributed by atoms with Gasteiger partial charge in [0, 0.05) is 11.1 Å². The van der Waals surface area contributed by atoms with Gasteiger partial charge in [0.1, 0.15) is 5.82 Å². The highest BCUT2D eigenvalue weighted by Gasteiger charge is 2.11. The number of aromatic nitrogens is 1. The summed E-state index contributed by atoms with van der Waals surface area (Å²) in [6.07, 6.45) is -0.0210. The third-order valence-electron chi connectivity index (χ3n) is 3.29. The van der Waals surface area contributed by atoms with Gasteiger partial charge >= 0.3 is 6.03 Å². The van der Waals surface area contributed by atoms with Crippen LogP contribution in [0.1, 0.15) is 5.69 Å². The Labute approximate surface area is 153 Å². The molecule has 0 bridgehead atoms. The minimum atomic E-state index is -0.501. The molecule has 0 aliphatic rings. The first kappa shape index (κ1) is 17.6. The lowest BCUT2D eigenvalue weighted by Crippen LogP contribution is -2.19. The van der Waals surface area contributed by atoms with Crippen LogP contribution in [0.15, 0.2) is 60.0 Å². The Bertz CT molecular complexity index is 914. The van der Waals surface area contributed by atoms with Gasteiger partial charge in [0.2, 0.25) is 5.91 Å². The highest BCUT2D eigenvalue weighted by Crippen LogP contribution is 2.18. The highest BCUT2D eigenvalue weighted by molar-refractivity contribution is 7.14. The number of urea groups is 1. The van der Waals surface area contributed by atoms with Crippen molar-refractivity contribution in [3.05, 3.63) is 71.5 Å². The largest absolute Gasteiger partial charge is 0.325 e. The van der Waals surface area contributed by atoms with Crippen LogP contribution in [-0.2, 0) is 11.2 Å². The normalized spacial score (nSPS) is 10.2. The van der Waals surface area contributed by atoms with Gasteiger partial charge in [-0.15, -0.1) is 11.3 Å². The molecule has 3 rings (SSSR count). The molecule has 3 aromatic rings. The molecule has 0 atom stereocenters. The summed E-state index contributed by atoms with van der Waals surface area (Å²) in [4.78, 5) is 28.1. The zero-order valence-corrected chi connectivity index (χ0v) is 14.3. The van der Waals surface area contributed by atoms with Crippen LogP contribution >= 0.6 is 11.3 Å². The zero-order valence-electron chi connectivity index (χ0n) is 13.5. The van der Waals surface area contributed by atoms with E-state index in [1.807, 2.05) is 18.2 Å². The van der Waals surface area contributed by atoms with Gasteiger partial charge in [-0.05, 0) is 24.3 Å². The number of carbonyl (C=O) groups is 2. The van der Waals surface area contributed by atoms with Crippen molar-refractivity contribution in [1.29, 1.82) is 0 Å². The molecule has 8 heteroatoms. The van der Waals surface area contributed by atoms with Crippen molar-refractivity contribution in [2.45, 2.75) is 6.42 Å². The molecular weight excluding hydrogens is 355 g/mol. The summed E-state index contributed by atoms with van der Waals surface area (Å²) in [6.45, 7) is 0. The first-order valence-corrected chi connectivity index (χ1v) is 8.60. The third-order valence-corrected chi connectivity index (χ3v) is 4.10. The summed E-state index contributed by atoms with van der Waals surface area (Å²) in [5.74, 6) is -0.889. The Balaban J connectivity index is 1.53. The minimum absolute atomic E-state index is 0.0210. The van der Waals surface area contributed by atoms with E-state index in [2.05, 4.69) is 20.9 Å². The van der Waals surface area contributed by atoms with Crippen LogP contribution in [0.4, 0.5) is 25.7 Å². The van der Waals surface area contributed by atoms with Crippen molar-refractivity contribution in [3.8, 4) is 0 Å². The predicted molar refractivity (Wildman–Crippen MR) is 99.9 cm³/mol. The van der Waals surface area contributed by atoms with Crippen LogP contribution in [0.2, 0.25) is 0 Å². The second-order valence-electron chi connectivity index (χ2n) is 5.29. The zero-order chi connectivity index (χ0) is 18.4. The lowest BCUT2D eigenvalue weighted by molar-refractivity contribution is -0.115. The number of rotatable bonds is 5. The van der Waals surface area contributed by atoms with Crippen molar-refractivity contribution >= 4 is 39.8 Å². The average Bonchev–Trinajstić information content (AvgIpc) is 3.04. The SMILES string of the molecule is O=C(Cc1csc(NC(=O)Nc2ccccc2)n1)Nc1ccccc1F. The molecule has 0 aliphatic heterocycles. The van der Waals surface area contributed by atoms with Crippen LogP contribution < -0.4 is 16.0 Å². The topological polar surface area (TPSA) is 83.1 Å². The van der Waals surface area contributed by atoms with E-state index >= 15 is 0 Å². The molecule has 0 unspecified atom stereocenters. The van der Waals surface area contributed by atoms with E-state index in [0.717, 1.165) is 0 Å². The van der Waals surface area contributed by atoms with Gasteiger partial charge in [0.15, 0.2) is 5.13 Å². The summed E-state index contributed by atoms with van der Waals surface area (Å²) in [6, 6.07) is 14.5. The fourth-order valence-electron chi connectivity index (χ4n) is 2.15. The molecule has 26 heavy (non-hydrogen) atoms. The van der Waals surface area contributed by atoms with Gasteiger partial charge < -0.3 is 10.6 Å². The maximum absolute atomic E-state index is 13.5. The van der Waals surface area contributed by atoms with E-state index in [0.29, 0.717) is 16.5 Å². The molecule has 0 spiro atoms. The lowest BCUT2D eigenvalue weighted by Gasteiger charge is -2.05. The lowest BCUT2D eigenvalue weighted by atomic mass is 10.2. The van der Waals surface area contributed by atoms with Crippen molar-refractivity contribution in [1.82, 2.24) is 4.98 Å². The van der Waals surface area contributed by atoms with Crippen molar-refractivity contribution < 1.29 is 14.0 Å². The molecule has 0 saturated carbocycles. The molecular formula is C18H15FN4O2S. The van der Waals surface area contributed by atoms with E-state index in [4.69, 9.17) is 0 Å². The molecule has 3 amide bonds. The standard InChI is InChI=1S/C18H15FN4O2S/c19-14-8-4-5-9-15(14)22-16(24)10-13-11-26-18(21-13)23-17(25)20-12-6-2-1-3-7-12/h1-9,11H,10H2,(H,22,24)(H2,20,21,23,25). The van der Waals surface area contributed by atoms with Crippen LogP contribution in [0.25, 0.3) is 0 Å². The number of para-hydroxylation sites is 2. The van der Waals surface area contributed by atoms with Crippen LogP contribution in [0.5, 0.6) is 0 Å². The second kappa shape index (κ2) is 8.21. The van der Waals surface area contributed by atoms with E-state index < -0.39 is 11.8 Å². The van der Waals surface area contributed by atoms with Gasteiger partial charge in [-0.1, -0.05) is 30.3 Å². The molecule has 0 fully saturated rings. The molecule has 3 N–H and O–H groups in total. The first-order chi connectivity index (χ1) is 12.6. The smallest absolute Gasteiger partial charge is 0.323 e. The molecule has 132 valence electrons. The molecule has 6 nitrogen and oxygen atoms in total. The summed E-state index contributed by atoms with van der Waals surface area (Å²) in [5.41, 5.74) is 1.26. The quantitative estimate of drug-likeness (QED) is 0.632. The maximum atomic E-state index is 13.5. The van der Waals surface area contributed by atoms with Crippen LogP contribution in [0, 0.1) is 5.82 Å². The number of anilines is 3. The van der Waals surface area contributed by atoms with E-state index in [-0.39, 0.29) is 18.0 Å². The van der Waals surface area contributed by atoms with Crippen LogP contribution in [0.3, 0.4) is 0 Å². The fourth-order valence-corrected chi connectivity index (χ4v) is 2.85. The number of hydrogen-bond donors (Lipinski definition) is 3. The Morgan fingerprint density at radius 3 is 2.46 bits per heavy atom. The minimum Gasteiger partial charge on any atom is -0.323 e. The number of benzene rings is 2. The van der Waals surface area contributed by atoms with Crippen molar-refractivity contribution in [3.63, 3.8) is 0 Å². The van der Waals surface area contributed by atoms with Gasteiger partial charge in [-0.2, -0.15) is 0 Å². The monoisotopic (exact) mass is 370 g/mol. The maximum Gasteiger partial charge on any atom is 0.325 e. The van der Waals surface area contributed by atoms with Gasteiger partial charge in [-0.3, -0.25) is 10.1 Å². The molecule has 0 radical (unpaired) electrons.